The number of hydrogen-bond donors (Lipinski definition) is 1. The summed E-state index contributed by atoms with van der Waals surface area (Å²) >= 11 is 0. The van der Waals surface area contributed by atoms with E-state index in [-0.39, 0.29) is 17.6 Å². The Hall–Kier alpha value is -1.82. The molecule has 2 aliphatic rings. The highest BCUT2D eigenvalue weighted by atomic mass is 19.1. The zero-order valence-electron chi connectivity index (χ0n) is 15.1. The number of fused-ring (bicyclic) bond motifs is 1. The summed E-state index contributed by atoms with van der Waals surface area (Å²) in [5, 5.41) is 2.96. The van der Waals surface area contributed by atoms with Crippen molar-refractivity contribution in [1.82, 2.24) is 15.1 Å². The Bertz CT molecular complexity index is 610. The third-order valence-corrected chi connectivity index (χ3v) is 5.27. The average Bonchev–Trinajstić information content (AvgIpc) is 2.61. The first-order valence-electron chi connectivity index (χ1n) is 9.22. The first-order chi connectivity index (χ1) is 12.1. The number of urea groups is 1. The number of carbonyl (C=O) groups is 1. The molecular formula is C19H28FN3O2. The van der Waals surface area contributed by atoms with Crippen molar-refractivity contribution in [1.29, 1.82) is 0 Å². The summed E-state index contributed by atoms with van der Waals surface area (Å²) < 4.78 is 19.1. The number of rotatable bonds is 4. The van der Waals surface area contributed by atoms with Gasteiger partial charge in [0.1, 0.15) is 0 Å². The van der Waals surface area contributed by atoms with Crippen molar-refractivity contribution in [3.8, 4) is 5.75 Å². The molecule has 2 saturated heterocycles. The second-order valence-electron chi connectivity index (χ2n) is 7.07. The van der Waals surface area contributed by atoms with E-state index in [1.807, 2.05) is 11.8 Å². The number of nitrogens with zero attached hydrogens (tertiary/aromatic N) is 2. The second kappa shape index (κ2) is 8.04. The highest BCUT2D eigenvalue weighted by molar-refractivity contribution is 5.74. The zero-order chi connectivity index (χ0) is 17.8. The van der Waals surface area contributed by atoms with E-state index in [0.717, 1.165) is 38.0 Å². The van der Waals surface area contributed by atoms with Crippen molar-refractivity contribution >= 4 is 6.03 Å². The molecule has 6 heteroatoms. The van der Waals surface area contributed by atoms with E-state index < -0.39 is 0 Å². The molecule has 0 aromatic heterocycles. The highest BCUT2D eigenvalue weighted by Crippen LogP contribution is 2.30. The van der Waals surface area contributed by atoms with Gasteiger partial charge in [0, 0.05) is 25.7 Å². The van der Waals surface area contributed by atoms with E-state index in [1.54, 1.807) is 12.1 Å². The molecule has 0 spiro atoms. The van der Waals surface area contributed by atoms with E-state index in [2.05, 4.69) is 17.3 Å². The van der Waals surface area contributed by atoms with Gasteiger partial charge in [-0.15, -0.1) is 0 Å². The molecule has 5 nitrogen and oxygen atoms in total. The largest absolute Gasteiger partial charge is 0.491 e. The van der Waals surface area contributed by atoms with Gasteiger partial charge in [0.15, 0.2) is 11.6 Å². The van der Waals surface area contributed by atoms with Crippen molar-refractivity contribution in [2.24, 2.45) is 5.92 Å². The Morgan fingerprint density at radius 1 is 1.36 bits per heavy atom. The molecule has 138 valence electrons. The molecule has 2 heterocycles. The third-order valence-electron chi connectivity index (χ3n) is 5.27. The molecule has 0 unspecified atom stereocenters. The predicted octanol–water partition coefficient (Wildman–Crippen LogP) is 2.85. The van der Waals surface area contributed by atoms with E-state index in [9.17, 15) is 9.18 Å². The van der Waals surface area contributed by atoms with Crippen LogP contribution < -0.4 is 10.1 Å². The monoisotopic (exact) mass is 349 g/mol. The number of hydrogen-bond acceptors (Lipinski definition) is 3. The first-order valence-corrected chi connectivity index (χ1v) is 9.22. The Morgan fingerprint density at radius 3 is 2.96 bits per heavy atom. The summed E-state index contributed by atoms with van der Waals surface area (Å²) in [6, 6.07) is 5.15. The van der Waals surface area contributed by atoms with Crippen molar-refractivity contribution in [3.63, 3.8) is 0 Å². The maximum atomic E-state index is 13.9. The lowest BCUT2D eigenvalue weighted by Crippen LogP contribution is -2.57. The van der Waals surface area contributed by atoms with Gasteiger partial charge in [-0.2, -0.15) is 0 Å². The van der Waals surface area contributed by atoms with Gasteiger partial charge in [-0.05, 0) is 63.4 Å². The fraction of sp³-hybridized carbons (Fsp3) is 0.632. The molecule has 25 heavy (non-hydrogen) atoms. The molecule has 1 aromatic rings. The summed E-state index contributed by atoms with van der Waals surface area (Å²) in [7, 11) is 2.15. The summed E-state index contributed by atoms with van der Waals surface area (Å²) in [5.74, 6) is 0.436. The topological polar surface area (TPSA) is 44.8 Å². The molecule has 0 radical (unpaired) electrons. The molecule has 1 aromatic carbocycles. The molecule has 3 rings (SSSR count). The molecule has 2 aliphatic heterocycles. The van der Waals surface area contributed by atoms with Crippen molar-refractivity contribution in [2.45, 2.75) is 38.8 Å². The number of piperidine rings is 2. The summed E-state index contributed by atoms with van der Waals surface area (Å²) in [6.07, 6.45) is 3.29. The maximum Gasteiger partial charge on any atom is 0.317 e. The van der Waals surface area contributed by atoms with Crippen LogP contribution in [0.3, 0.4) is 0 Å². The van der Waals surface area contributed by atoms with Gasteiger partial charge in [0.25, 0.3) is 0 Å². The number of benzene rings is 1. The second-order valence-corrected chi connectivity index (χ2v) is 7.07. The smallest absolute Gasteiger partial charge is 0.317 e. The minimum Gasteiger partial charge on any atom is -0.491 e. The van der Waals surface area contributed by atoms with Gasteiger partial charge >= 0.3 is 6.03 Å². The number of likely N-dealkylation sites (tertiary alicyclic amines) is 2. The van der Waals surface area contributed by atoms with Gasteiger partial charge in [-0.25, -0.2) is 9.18 Å². The lowest BCUT2D eigenvalue weighted by Gasteiger charge is -2.46. The fourth-order valence-corrected chi connectivity index (χ4v) is 4.04. The van der Waals surface area contributed by atoms with Crippen LogP contribution in [0.4, 0.5) is 9.18 Å². The lowest BCUT2D eigenvalue weighted by molar-refractivity contribution is 0.0532. The quantitative estimate of drug-likeness (QED) is 0.909. The molecule has 1 N–H and O–H groups in total. The van der Waals surface area contributed by atoms with Crippen LogP contribution in [0, 0.1) is 11.7 Å². The Morgan fingerprint density at radius 2 is 2.20 bits per heavy atom. The van der Waals surface area contributed by atoms with Gasteiger partial charge in [-0.1, -0.05) is 6.07 Å². The van der Waals surface area contributed by atoms with E-state index in [4.69, 9.17) is 4.74 Å². The zero-order valence-corrected chi connectivity index (χ0v) is 15.1. The van der Waals surface area contributed by atoms with Gasteiger partial charge in [0.05, 0.1) is 6.61 Å². The average molecular weight is 349 g/mol. The highest BCUT2D eigenvalue weighted by Gasteiger charge is 2.37. The van der Waals surface area contributed by atoms with Gasteiger partial charge < -0.3 is 19.9 Å². The fourth-order valence-electron chi connectivity index (χ4n) is 4.04. The van der Waals surface area contributed by atoms with Crippen LogP contribution in [0.25, 0.3) is 0 Å². The van der Waals surface area contributed by atoms with E-state index in [0.29, 0.717) is 25.1 Å². The minimum atomic E-state index is -0.387. The predicted molar refractivity (Wildman–Crippen MR) is 95.1 cm³/mol. The lowest BCUT2D eigenvalue weighted by atomic mass is 9.84. The Labute approximate surface area is 149 Å². The Kier molecular flexibility index (Phi) is 5.78. The van der Waals surface area contributed by atoms with Crippen molar-refractivity contribution in [2.75, 3.05) is 33.3 Å². The van der Waals surface area contributed by atoms with Crippen molar-refractivity contribution < 1.29 is 13.9 Å². The number of carbonyl (C=O) groups excluding carboxylic acids is 1. The number of halogens is 1. The molecule has 0 bridgehead atoms. The van der Waals surface area contributed by atoms with Crippen LogP contribution in [0.15, 0.2) is 18.2 Å². The normalized spacial score (nSPS) is 23.9. The van der Waals surface area contributed by atoms with Crippen molar-refractivity contribution in [3.05, 3.63) is 29.6 Å². The molecular weight excluding hydrogens is 321 g/mol. The van der Waals surface area contributed by atoms with Gasteiger partial charge in [0.2, 0.25) is 0 Å². The third kappa shape index (κ3) is 4.24. The molecule has 0 aliphatic carbocycles. The van der Waals surface area contributed by atoms with Crippen LogP contribution in [-0.2, 0) is 6.54 Å². The van der Waals surface area contributed by atoms with Gasteiger partial charge in [-0.3, -0.25) is 0 Å². The molecule has 2 fully saturated rings. The first kappa shape index (κ1) is 18.0. The van der Waals surface area contributed by atoms with Crippen LogP contribution in [0.2, 0.25) is 0 Å². The maximum absolute atomic E-state index is 13.9. The molecule has 2 atom stereocenters. The molecule has 0 saturated carbocycles. The SMILES string of the molecule is CCOc1ccc(CNC(=O)N2CCC[C@H]3CN(C)CC[C@@H]32)cc1F. The van der Waals surface area contributed by atoms with Crippen LogP contribution in [0.5, 0.6) is 5.75 Å². The van der Waals surface area contributed by atoms with Crippen LogP contribution >= 0.6 is 0 Å². The minimum absolute atomic E-state index is 0.0338. The van der Waals surface area contributed by atoms with E-state index >= 15 is 0 Å². The Balaban J connectivity index is 1.57. The number of nitrogens with one attached hydrogen (secondary N) is 1. The number of amides is 2. The van der Waals surface area contributed by atoms with E-state index in [1.165, 1.54) is 12.5 Å². The van der Waals surface area contributed by atoms with Crippen LogP contribution in [0.1, 0.15) is 31.7 Å². The standard InChI is InChI=1S/C19H28FN3O2/c1-3-25-18-7-6-14(11-16(18)20)12-21-19(24)23-9-4-5-15-13-22(2)10-8-17(15)23/h6-7,11,15,17H,3-5,8-10,12-13H2,1-2H3,(H,21,24)/t15-,17-/m0/s1. The summed E-state index contributed by atoms with van der Waals surface area (Å²) in [6.45, 7) is 5.50. The summed E-state index contributed by atoms with van der Waals surface area (Å²) in [4.78, 5) is 17.0. The van der Waals surface area contributed by atoms with Crippen LogP contribution in [-0.4, -0.2) is 55.2 Å². The summed E-state index contributed by atoms with van der Waals surface area (Å²) in [5.41, 5.74) is 0.742. The molecule has 2 amide bonds. The number of ether oxygens (including phenoxy) is 1.